The van der Waals surface area contributed by atoms with Crippen molar-refractivity contribution < 1.29 is 23.7 Å². The van der Waals surface area contributed by atoms with E-state index in [2.05, 4.69) is 33.1 Å². The SMILES string of the molecule is COc1ccc2nccc(CCCN(Cc3ccccc3)C[C@H]3CN(C4=COC=C(C5=CC=CCC5)O4)C(=O)O3)c2n1. The highest BCUT2D eigenvalue weighted by Gasteiger charge is 2.37. The number of benzene rings is 1. The Bertz CT molecular complexity index is 1550. The van der Waals surface area contributed by atoms with Gasteiger partial charge < -0.3 is 18.9 Å². The molecule has 3 aromatic rings. The van der Waals surface area contributed by atoms with Crippen molar-refractivity contribution in [2.24, 2.45) is 0 Å². The lowest BCUT2D eigenvalue weighted by Crippen LogP contribution is -2.35. The van der Waals surface area contributed by atoms with Gasteiger partial charge >= 0.3 is 6.09 Å². The lowest BCUT2D eigenvalue weighted by Gasteiger charge is -2.25. The second-order valence-electron chi connectivity index (χ2n) is 10.5. The van der Waals surface area contributed by atoms with Crippen LogP contribution < -0.4 is 4.74 Å². The number of pyridine rings is 2. The van der Waals surface area contributed by atoms with Crippen LogP contribution >= 0.6 is 0 Å². The minimum absolute atomic E-state index is 0.315. The lowest BCUT2D eigenvalue weighted by atomic mass is 10.0. The number of aromatic nitrogens is 2. The third-order valence-corrected chi connectivity index (χ3v) is 7.51. The number of hydrogen-bond acceptors (Lipinski definition) is 8. The number of aryl methyl sites for hydroxylation is 1. The number of allylic oxidation sites excluding steroid dienone is 4. The maximum Gasteiger partial charge on any atom is 0.417 e. The number of methoxy groups -OCH3 is 1. The number of amides is 1. The largest absolute Gasteiger partial charge is 0.481 e. The van der Waals surface area contributed by atoms with Gasteiger partial charge in [-0.05, 0) is 61.1 Å². The molecule has 3 aliphatic rings. The van der Waals surface area contributed by atoms with E-state index in [9.17, 15) is 4.79 Å². The van der Waals surface area contributed by atoms with E-state index in [1.165, 1.54) is 16.7 Å². The van der Waals surface area contributed by atoms with Crippen molar-refractivity contribution in [1.82, 2.24) is 19.8 Å². The van der Waals surface area contributed by atoms with Crippen LogP contribution in [0.3, 0.4) is 0 Å². The Labute approximate surface area is 245 Å². The average Bonchev–Trinajstić information content (AvgIpc) is 3.41. The number of hydrogen-bond donors (Lipinski definition) is 0. The molecule has 0 saturated carbocycles. The van der Waals surface area contributed by atoms with Crippen molar-refractivity contribution in [3.8, 4) is 5.88 Å². The zero-order valence-corrected chi connectivity index (χ0v) is 23.6. The molecule has 1 aliphatic carbocycles. The molecule has 1 saturated heterocycles. The third kappa shape index (κ3) is 6.47. The molecule has 42 heavy (non-hydrogen) atoms. The number of cyclic esters (lactones) is 1. The summed E-state index contributed by atoms with van der Waals surface area (Å²) in [5.41, 5.74) is 5.09. The minimum Gasteiger partial charge on any atom is -0.481 e. The Hall–Kier alpha value is -4.63. The highest BCUT2D eigenvalue weighted by Crippen LogP contribution is 2.30. The lowest BCUT2D eigenvalue weighted by molar-refractivity contribution is 0.101. The van der Waals surface area contributed by atoms with Crippen LogP contribution in [0.4, 0.5) is 4.79 Å². The van der Waals surface area contributed by atoms with Crippen LogP contribution in [0.15, 0.2) is 103 Å². The molecule has 1 aromatic carbocycles. The number of fused-ring (bicyclic) bond motifs is 1. The maximum atomic E-state index is 12.9. The van der Waals surface area contributed by atoms with Crippen LogP contribution in [0.5, 0.6) is 5.88 Å². The van der Waals surface area contributed by atoms with Gasteiger partial charge in [-0.3, -0.25) is 9.88 Å². The summed E-state index contributed by atoms with van der Waals surface area (Å²) in [5, 5.41) is 0. The van der Waals surface area contributed by atoms with Gasteiger partial charge in [0.1, 0.15) is 12.4 Å². The third-order valence-electron chi connectivity index (χ3n) is 7.51. The van der Waals surface area contributed by atoms with E-state index in [4.69, 9.17) is 18.9 Å². The van der Waals surface area contributed by atoms with Gasteiger partial charge in [-0.15, -0.1) is 0 Å². The first kappa shape index (κ1) is 27.5. The summed E-state index contributed by atoms with van der Waals surface area (Å²) < 4.78 is 22.8. The molecular formula is C33H34N4O5. The van der Waals surface area contributed by atoms with Crippen molar-refractivity contribution in [1.29, 1.82) is 0 Å². The quantitative estimate of drug-likeness (QED) is 0.285. The molecule has 0 radical (unpaired) electrons. The molecule has 9 nitrogen and oxygen atoms in total. The van der Waals surface area contributed by atoms with Crippen LogP contribution in [-0.2, 0) is 27.2 Å². The number of ether oxygens (including phenoxy) is 4. The number of rotatable bonds is 11. The Balaban J connectivity index is 1.11. The predicted molar refractivity (Wildman–Crippen MR) is 158 cm³/mol. The molecule has 216 valence electrons. The maximum absolute atomic E-state index is 12.9. The summed E-state index contributed by atoms with van der Waals surface area (Å²) in [5.74, 6) is 1.54. The zero-order valence-electron chi connectivity index (χ0n) is 23.6. The molecule has 2 aliphatic heterocycles. The topological polar surface area (TPSA) is 86.2 Å². The average molecular weight is 567 g/mol. The second kappa shape index (κ2) is 12.9. The van der Waals surface area contributed by atoms with E-state index in [1.807, 2.05) is 54.7 Å². The van der Waals surface area contributed by atoms with Crippen LogP contribution in [0, 0.1) is 0 Å². The van der Waals surface area contributed by atoms with Crippen molar-refractivity contribution in [3.05, 3.63) is 114 Å². The molecule has 0 unspecified atom stereocenters. The smallest absolute Gasteiger partial charge is 0.417 e. The normalized spacial score (nSPS) is 18.2. The number of nitrogens with zero attached hydrogens (tertiary/aromatic N) is 4. The number of carbonyl (C=O) groups excluding carboxylic acids is 1. The summed E-state index contributed by atoms with van der Waals surface area (Å²) in [6.45, 7) is 2.53. The molecule has 1 atom stereocenters. The van der Waals surface area contributed by atoms with Crippen LogP contribution in [0.25, 0.3) is 11.0 Å². The van der Waals surface area contributed by atoms with Gasteiger partial charge in [0.25, 0.3) is 0 Å². The van der Waals surface area contributed by atoms with Crippen LogP contribution in [-0.4, -0.2) is 58.7 Å². The predicted octanol–water partition coefficient (Wildman–Crippen LogP) is 5.86. The monoisotopic (exact) mass is 566 g/mol. The fraction of sp³-hybridized carbons (Fsp3) is 0.303. The van der Waals surface area contributed by atoms with Gasteiger partial charge in [-0.2, -0.15) is 0 Å². The molecule has 0 bridgehead atoms. The van der Waals surface area contributed by atoms with E-state index in [0.717, 1.165) is 60.9 Å². The molecule has 0 spiro atoms. The van der Waals surface area contributed by atoms with E-state index in [0.29, 0.717) is 30.6 Å². The van der Waals surface area contributed by atoms with Gasteiger partial charge in [-0.25, -0.2) is 14.7 Å². The van der Waals surface area contributed by atoms with E-state index < -0.39 is 6.09 Å². The Kier molecular flexibility index (Phi) is 8.46. The van der Waals surface area contributed by atoms with Crippen LogP contribution in [0.1, 0.15) is 30.4 Å². The Morgan fingerprint density at radius 1 is 1.12 bits per heavy atom. The van der Waals surface area contributed by atoms with Gasteiger partial charge in [0.15, 0.2) is 12.0 Å². The molecule has 1 fully saturated rings. The molecule has 2 aromatic heterocycles. The van der Waals surface area contributed by atoms with Crippen molar-refractivity contribution in [3.63, 3.8) is 0 Å². The van der Waals surface area contributed by atoms with E-state index >= 15 is 0 Å². The van der Waals surface area contributed by atoms with Crippen molar-refractivity contribution in [2.45, 2.75) is 38.3 Å². The van der Waals surface area contributed by atoms with Crippen molar-refractivity contribution >= 4 is 17.1 Å². The molecule has 0 N–H and O–H groups in total. The Morgan fingerprint density at radius 3 is 2.86 bits per heavy atom. The zero-order chi connectivity index (χ0) is 28.7. The van der Waals surface area contributed by atoms with Gasteiger partial charge in [-0.1, -0.05) is 48.6 Å². The minimum atomic E-state index is -0.434. The van der Waals surface area contributed by atoms with Crippen molar-refractivity contribution in [2.75, 3.05) is 26.7 Å². The Morgan fingerprint density at radius 2 is 2.02 bits per heavy atom. The summed E-state index contributed by atoms with van der Waals surface area (Å²) in [4.78, 5) is 25.9. The van der Waals surface area contributed by atoms with Crippen LogP contribution in [0.2, 0.25) is 0 Å². The van der Waals surface area contributed by atoms with Gasteiger partial charge in [0, 0.05) is 25.4 Å². The first-order valence-electron chi connectivity index (χ1n) is 14.3. The fourth-order valence-corrected chi connectivity index (χ4v) is 5.41. The molecular weight excluding hydrogens is 532 g/mol. The summed E-state index contributed by atoms with van der Waals surface area (Å²) in [6, 6.07) is 16.1. The highest BCUT2D eigenvalue weighted by atomic mass is 16.6. The van der Waals surface area contributed by atoms with Gasteiger partial charge in [0.05, 0.1) is 24.7 Å². The molecule has 9 heteroatoms. The second-order valence-corrected chi connectivity index (χ2v) is 10.5. The number of carbonyl (C=O) groups is 1. The summed E-state index contributed by atoms with van der Waals surface area (Å²) in [7, 11) is 1.62. The van der Waals surface area contributed by atoms with E-state index in [-0.39, 0.29) is 6.10 Å². The van der Waals surface area contributed by atoms with Gasteiger partial charge in [0.2, 0.25) is 11.8 Å². The first-order valence-corrected chi connectivity index (χ1v) is 14.3. The summed E-state index contributed by atoms with van der Waals surface area (Å²) >= 11 is 0. The standard InChI is InChI=1S/C33H34N4O5/c1-39-30-15-14-28-32(35-30)26(16-17-34-28)13-8-18-36(19-24-9-4-2-5-10-24)20-27-21-37(33(38)41-27)31-23-40-22-29(42-31)25-11-6-3-7-12-25/h2-6,9-11,14-17,22-23,27H,7-8,12-13,18-21H2,1H3/t27-/m0/s1. The molecule has 6 rings (SSSR count). The fourth-order valence-electron chi connectivity index (χ4n) is 5.41. The molecule has 1 amide bonds. The molecule has 4 heterocycles. The van der Waals surface area contributed by atoms with E-state index in [1.54, 1.807) is 13.4 Å². The summed E-state index contributed by atoms with van der Waals surface area (Å²) in [6.07, 6.45) is 13.8. The highest BCUT2D eigenvalue weighted by molar-refractivity contribution is 5.78. The first-order chi connectivity index (χ1) is 20.7.